The molecule has 1 aromatic heterocycles. The number of carboxylic acid groups (broad SMARTS) is 1. The Morgan fingerprint density at radius 1 is 1.30 bits per heavy atom. The zero-order valence-corrected chi connectivity index (χ0v) is 11.3. The van der Waals surface area contributed by atoms with Crippen molar-refractivity contribution in [1.82, 2.24) is 9.78 Å². The van der Waals surface area contributed by atoms with Crippen molar-refractivity contribution in [2.75, 3.05) is 5.32 Å². The van der Waals surface area contributed by atoms with Crippen LogP contribution in [0.2, 0.25) is 0 Å². The molecule has 0 radical (unpaired) electrons. The van der Waals surface area contributed by atoms with Crippen LogP contribution in [0.4, 0.5) is 5.69 Å². The lowest BCUT2D eigenvalue weighted by Gasteiger charge is -2.07. The Kier molecular flexibility index (Phi) is 3.84. The van der Waals surface area contributed by atoms with Gasteiger partial charge in [0.15, 0.2) is 0 Å². The fourth-order valence-corrected chi connectivity index (χ4v) is 1.86. The van der Waals surface area contributed by atoms with Crippen molar-refractivity contribution < 1.29 is 14.7 Å². The molecule has 6 heteroatoms. The van der Waals surface area contributed by atoms with Gasteiger partial charge in [-0.15, -0.1) is 0 Å². The number of nitrogens with zero attached hydrogens (tertiary/aromatic N) is 2. The molecule has 0 aliphatic rings. The molecule has 2 N–H and O–H groups in total. The zero-order valence-electron chi connectivity index (χ0n) is 11.3. The van der Waals surface area contributed by atoms with Gasteiger partial charge in [-0.2, -0.15) is 5.10 Å². The van der Waals surface area contributed by atoms with Gasteiger partial charge in [0.25, 0.3) is 0 Å². The first-order valence-electron chi connectivity index (χ1n) is 6.10. The number of benzene rings is 1. The molecular weight excluding hydrogens is 258 g/mol. The summed E-state index contributed by atoms with van der Waals surface area (Å²) in [7, 11) is 0. The normalized spacial score (nSPS) is 10.3. The van der Waals surface area contributed by atoms with E-state index in [2.05, 4.69) is 10.4 Å². The van der Waals surface area contributed by atoms with Crippen molar-refractivity contribution in [2.45, 2.75) is 20.4 Å². The topological polar surface area (TPSA) is 84.2 Å². The third kappa shape index (κ3) is 3.03. The first kappa shape index (κ1) is 13.8. The first-order valence-corrected chi connectivity index (χ1v) is 6.10. The van der Waals surface area contributed by atoms with Gasteiger partial charge in [0.1, 0.15) is 12.1 Å². The smallest absolute Gasteiger partial charge is 0.339 e. The predicted octanol–water partition coefficient (Wildman–Crippen LogP) is 1.84. The predicted molar refractivity (Wildman–Crippen MR) is 73.7 cm³/mol. The maximum absolute atomic E-state index is 11.9. The van der Waals surface area contributed by atoms with Crippen molar-refractivity contribution in [1.29, 1.82) is 0 Å². The van der Waals surface area contributed by atoms with E-state index in [1.165, 1.54) is 10.9 Å². The number of carbonyl (C=O) groups excluding carboxylic acids is 1. The van der Waals surface area contributed by atoms with Crippen LogP contribution in [0.5, 0.6) is 0 Å². The Balaban J connectivity index is 2.07. The summed E-state index contributed by atoms with van der Waals surface area (Å²) in [6.07, 6.45) is 1.36. The molecule has 1 aromatic carbocycles. The van der Waals surface area contributed by atoms with E-state index < -0.39 is 5.97 Å². The lowest BCUT2D eigenvalue weighted by Crippen LogP contribution is -2.19. The van der Waals surface area contributed by atoms with Crippen LogP contribution in [0.25, 0.3) is 0 Å². The number of hydrogen-bond acceptors (Lipinski definition) is 3. The van der Waals surface area contributed by atoms with E-state index in [1.54, 1.807) is 6.92 Å². The minimum absolute atomic E-state index is 0.0253. The van der Waals surface area contributed by atoms with Crippen LogP contribution in [0.15, 0.2) is 30.5 Å². The van der Waals surface area contributed by atoms with Crippen molar-refractivity contribution in [3.05, 3.63) is 47.3 Å². The number of aromatic carboxylic acids is 1. The van der Waals surface area contributed by atoms with Gasteiger partial charge in [0.2, 0.25) is 5.91 Å². The highest BCUT2D eigenvalue weighted by atomic mass is 16.4. The largest absolute Gasteiger partial charge is 0.478 e. The third-order valence-electron chi connectivity index (χ3n) is 2.90. The Morgan fingerprint density at radius 2 is 2.00 bits per heavy atom. The molecular formula is C14H15N3O3. The standard InChI is InChI=1S/C14H15N3O3/c1-9-5-3-4-6-12(9)15-13(18)8-17-7-11(14(19)20)10(2)16-17/h3-7H,8H2,1-2H3,(H,15,18)(H,19,20). The summed E-state index contributed by atoms with van der Waals surface area (Å²) >= 11 is 0. The van der Waals surface area contributed by atoms with Gasteiger partial charge in [-0.25, -0.2) is 4.79 Å². The number of para-hydroxylation sites is 1. The van der Waals surface area contributed by atoms with Crippen LogP contribution in [-0.2, 0) is 11.3 Å². The van der Waals surface area contributed by atoms with Crippen LogP contribution in [-0.4, -0.2) is 26.8 Å². The summed E-state index contributed by atoms with van der Waals surface area (Å²) in [5.41, 5.74) is 2.19. The second kappa shape index (κ2) is 5.56. The van der Waals surface area contributed by atoms with Crippen LogP contribution >= 0.6 is 0 Å². The maximum Gasteiger partial charge on any atom is 0.339 e. The first-order chi connectivity index (χ1) is 9.47. The lowest BCUT2D eigenvalue weighted by atomic mass is 10.2. The second-order valence-electron chi connectivity index (χ2n) is 4.49. The number of carbonyl (C=O) groups is 2. The molecule has 1 amide bonds. The SMILES string of the molecule is Cc1ccccc1NC(=O)Cn1cc(C(=O)O)c(C)n1. The third-order valence-corrected chi connectivity index (χ3v) is 2.90. The minimum atomic E-state index is -1.05. The number of hydrogen-bond donors (Lipinski definition) is 2. The molecule has 1 heterocycles. The Morgan fingerprint density at radius 3 is 2.60 bits per heavy atom. The number of carboxylic acids is 1. The molecule has 0 spiro atoms. The number of amides is 1. The molecule has 104 valence electrons. The summed E-state index contributed by atoms with van der Waals surface area (Å²) < 4.78 is 1.33. The van der Waals surface area contributed by atoms with Gasteiger partial charge in [0.05, 0.1) is 5.69 Å². The van der Waals surface area contributed by atoms with Gasteiger partial charge in [0, 0.05) is 11.9 Å². The number of nitrogens with one attached hydrogen (secondary N) is 1. The molecule has 0 atom stereocenters. The molecule has 2 rings (SSSR count). The number of aryl methyl sites for hydroxylation is 2. The maximum atomic E-state index is 11.9. The Labute approximate surface area is 116 Å². The summed E-state index contributed by atoms with van der Waals surface area (Å²) in [6, 6.07) is 7.44. The van der Waals surface area contributed by atoms with Gasteiger partial charge in [-0.3, -0.25) is 9.48 Å². The average Bonchev–Trinajstić information content (AvgIpc) is 2.73. The van der Waals surface area contributed by atoms with Crippen molar-refractivity contribution in [2.24, 2.45) is 0 Å². The summed E-state index contributed by atoms with van der Waals surface area (Å²) in [6.45, 7) is 3.47. The monoisotopic (exact) mass is 273 g/mol. The highest BCUT2D eigenvalue weighted by molar-refractivity contribution is 5.92. The summed E-state index contributed by atoms with van der Waals surface area (Å²) in [5, 5.41) is 15.7. The highest BCUT2D eigenvalue weighted by Crippen LogP contribution is 2.13. The van der Waals surface area contributed by atoms with E-state index in [1.807, 2.05) is 31.2 Å². The van der Waals surface area contributed by atoms with E-state index in [-0.39, 0.29) is 18.0 Å². The molecule has 20 heavy (non-hydrogen) atoms. The molecule has 0 saturated carbocycles. The van der Waals surface area contributed by atoms with Gasteiger partial charge in [-0.05, 0) is 25.5 Å². The van der Waals surface area contributed by atoms with E-state index in [0.29, 0.717) is 5.69 Å². The zero-order chi connectivity index (χ0) is 14.7. The summed E-state index contributed by atoms with van der Waals surface area (Å²) in [5.74, 6) is -1.30. The van der Waals surface area contributed by atoms with Crippen molar-refractivity contribution in [3.63, 3.8) is 0 Å². The Bertz CT molecular complexity index is 661. The number of aromatic nitrogens is 2. The fraction of sp³-hybridized carbons (Fsp3) is 0.214. The van der Waals surface area contributed by atoms with Crippen LogP contribution in [0, 0.1) is 13.8 Å². The molecule has 0 bridgehead atoms. The molecule has 2 aromatic rings. The molecule has 0 unspecified atom stereocenters. The van der Waals surface area contributed by atoms with E-state index in [9.17, 15) is 9.59 Å². The molecule has 0 saturated heterocycles. The van der Waals surface area contributed by atoms with Crippen LogP contribution in [0.3, 0.4) is 0 Å². The number of anilines is 1. The van der Waals surface area contributed by atoms with Gasteiger partial charge >= 0.3 is 5.97 Å². The van der Waals surface area contributed by atoms with Crippen LogP contribution in [0.1, 0.15) is 21.6 Å². The van der Waals surface area contributed by atoms with E-state index in [4.69, 9.17) is 5.11 Å². The highest BCUT2D eigenvalue weighted by Gasteiger charge is 2.13. The average molecular weight is 273 g/mol. The van der Waals surface area contributed by atoms with Crippen LogP contribution < -0.4 is 5.32 Å². The quantitative estimate of drug-likeness (QED) is 0.890. The van der Waals surface area contributed by atoms with Gasteiger partial charge < -0.3 is 10.4 Å². The Hall–Kier alpha value is -2.63. The van der Waals surface area contributed by atoms with Gasteiger partial charge in [-0.1, -0.05) is 18.2 Å². The molecule has 0 aliphatic carbocycles. The van der Waals surface area contributed by atoms with Crippen molar-refractivity contribution in [3.8, 4) is 0 Å². The fourth-order valence-electron chi connectivity index (χ4n) is 1.86. The second-order valence-corrected chi connectivity index (χ2v) is 4.49. The van der Waals surface area contributed by atoms with E-state index in [0.717, 1.165) is 11.3 Å². The minimum Gasteiger partial charge on any atom is -0.478 e. The van der Waals surface area contributed by atoms with E-state index >= 15 is 0 Å². The number of rotatable bonds is 4. The molecule has 0 fully saturated rings. The lowest BCUT2D eigenvalue weighted by molar-refractivity contribution is -0.116. The molecule has 6 nitrogen and oxygen atoms in total. The van der Waals surface area contributed by atoms with Crippen molar-refractivity contribution >= 4 is 17.6 Å². The molecule has 0 aliphatic heterocycles. The summed E-state index contributed by atoms with van der Waals surface area (Å²) in [4.78, 5) is 22.8.